The van der Waals surface area contributed by atoms with Crippen LogP contribution in [0.1, 0.15) is 45.4 Å². The fourth-order valence-electron chi connectivity index (χ4n) is 3.89. The number of hydrogen-bond acceptors (Lipinski definition) is 8. The van der Waals surface area contributed by atoms with Crippen LogP contribution in [0.5, 0.6) is 0 Å². The van der Waals surface area contributed by atoms with Gasteiger partial charge in [-0.05, 0) is 0 Å². The van der Waals surface area contributed by atoms with Crippen molar-refractivity contribution in [1.82, 2.24) is 9.97 Å². The summed E-state index contributed by atoms with van der Waals surface area (Å²) in [7, 11) is -3.31. The van der Waals surface area contributed by atoms with E-state index in [1.54, 1.807) is 12.1 Å². The molecule has 0 N–H and O–H groups in total. The Morgan fingerprint density at radius 1 is 1.18 bits per heavy atom. The van der Waals surface area contributed by atoms with Gasteiger partial charge < -0.3 is 0 Å². The standard InChI is InChI=1S/C22H28AsN4O5S/c1-3-4-5-6-19(28)16-11-13-26(14-12-16)22-20(27(29)30)21(24-15-25-22)23-17-7-9-18(10-8-17)33(2,31)32/h7-10,15-16H,3-6,11-14H2,1-2H3. The molecule has 177 valence electrons. The van der Waals surface area contributed by atoms with Gasteiger partial charge in [0, 0.05) is 0 Å². The number of rotatable bonds is 10. The van der Waals surface area contributed by atoms with Gasteiger partial charge in [-0.25, -0.2) is 0 Å². The van der Waals surface area contributed by atoms with Crippen molar-refractivity contribution in [2.24, 2.45) is 5.92 Å². The first-order valence-electron chi connectivity index (χ1n) is 11.0. The molecule has 1 fully saturated rings. The van der Waals surface area contributed by atoms with E-state index >= 15 is 0 Å². The molecule has 2 heterocycles. The molecule has 1 aliphatic rings. The van der Waals surface area contributed by atoms with E-state index in [1.807, 2.05) is 4.90 Å². The monoisotopic (exact) mass is 535 g/mol. The summed E-state index contributed by atoms with van der Waals surface area (Å²) in [5.74, 6) is 0.603. The van der Waals surface area contributed by atoms with E-state index in [4.69, 9.17) is 0 Å². The number of benzene rings is 1. The van der Waals surface area contributed by atoms with Crippen molar-refractivity contribution in [3.05, 3.63) is 40.7 Å². The summed E-state index contributed by atoms with van der Waals surface area (Å²) in [6, 6.07) is 6.38. The maximum atomic E-state index is 12.4. The number of Topliss-reactive ketones (excluding diaryl/α,β-unsaturated/α-hetero) is 1. The topological polar surface area (TPSA) is 123 Å². The van der Waals surface area contributed by atoms with Crippen molar-refractivity contribution in [1.29, 1.82) is 0 Å². The number of sulfone groups is 1. The predicted molar refractivity (Wildman–Crippen MR) is 127 cm³/mol. The normalized spacial score (nSPS) is 15.3. The Morgan fingerprint density at radius 3 is 2.42 bits per heavy atom. The molecule has 1 saturated heterocycles. The SMILES string of the molecule is CCCCCC(=O)C1CCN(c2ncnc([As]c3ccc(S(C)(=O)=O)cc3)c2[N+](=O)[O-])CC1. The van der Waals surface area contributed by atoms with Crippen LogP contribution < -0.4 is 13.7 Å². The van der Waals surface area contributed by atoms with Crippen LogP contribution in [0.3, 0.4) is 0 Å². The fraction of sp³-hybridized carbons (Fsp3) is 0.500. The number of aromatic nitrogens is 2. The van der Waals surface area contributed by atoms with E-state index in [-0.39, 0.29) is 16.5 Å². The van der Waals surface area contributed by atoms with Crippen molar-refractivity contribution in [3.8, 4) is 0 Å². The first kappa shape index (κ1) is 25.3. The average Bonchev–Trinajstić information content (AvgIpc) is 2.79. The third kappa shape index (κ3) is 6.60. The van der Waals surface area contributed by atoms with Gasteiger partial charge in [-0.15, -0.1) is 0 Å². The number of ketones is 1. The van der Waals surface area contributed by atoms with E-state index in [1.165, 1.54) is 18.5 Å². The Balaban J connectivity index is 1.75. The number of carbonyl (C=O) groups is 1. The van der Waals surface area contributed by atoms with E-state index in [2.05, 4.69) is 16.9 Å². The number of unbranched alkanes of at least 4 members (excludes halogenated alkanes) is 2. The van der Waals surface area contributed by atoms with Crippen LogP contribution in [0.15, 0.2) is 35.5 Å². The number of anilines is 1. The zero-order chi connectivity index (χ0) is 24.0. The van der Waals surface area contributed by atoms with Crippen molar-refractivity contribution >= 4 is 51.7 Å². The van der Waals surface area contributed by atoms with E-state index in [0.29, 0.717) is 48.4 Å². The van der Waals surface area contributed by atoms with Gasteiger partial charge in [0.25, 0.3) is 0 Å². The van der Waals surface area contributed by atoms with Gasteiger partial charge in [0.05, 0.1) is 0 Å². The molecule has 11 heteroatoms. The van der Waals surface area contributed by atoms with Crippen molar-refractivity contribution in [2.45, 2.75) is 50.3 Å². The molecule has 0 amide bonds. The third-order valence-electron chi connectivity index (χ3n) is 5.74. The van der Waals surface area contributed by atoms with Gasteiger partial charge in [0.1, 0.15) is 0 Å². The summed E-state index contributed by atoms with van der Waals surface area (Å²) >= 11 is -0.836. The molecule has 0 saturated carbocycles. The van der Waals surface area contributed by atoms with E-state index < -0.39 is 30.5 Å². The molecule has 1 aromatic heterocycles. The first-order chi connectivity index (χ1) is 15.7. The minimum atomic E-state index is -3.31. The van der Waals surface area contributed by atoms with Crippen LogP contribution in [0.4, 0.5) is 11.5 Å². The number of piperidine rings is 1. The molecular weight excluding hydrogens is 507 g/mol. The molecule has 0 atom stereocenters. The fourth-order valence-corrected chi connectivity index (χ4v) is 6.50. The Bertz CT molecular complexity index is 1100. The second-order valence-electron chi connectivity index (χ2n) is 8.19. The predicted octanol–water partition coefficient (Wildman–Crippen LogP) is 1.81. The maximum absolute atomic E-state index is 12.4. The minimum absolute atomic E-state index is 0.0122. The molecule has 33 heavy (non-hydrogen) atoms. The molecule has 3 rings (SSSR count). The summed E-state index contributed by atoms with van der Waals surface area (Å²) in [5, 5.41) is 12.0. The van der Waals surface area contributed by atoms with Gasteiger partial charge in [-0.1, -0.05) is 6.92 Å². The van der Waals surface area contributed by atoms with Crippen molar-refractivity contribution < 1.29 is 18.1 Å². The molecule has 0 unspecified atom stereocenters. The van der Waals surface area contributed by atoms with Crippen molar-refractivity contribution in [3.63, 3.8) is 0 Å². The van der Waals surface area contributed by atoms with Crippen LogP contribution in [-0.2, 0) is 14.6 Å². The zero-order valence-electron chi connectivity index (χ0n) is 18.8. The van der Waals surface area contributed by atoms with Crippen molar-refractivity contribution in [2.75, 3.05) is 24.2 Å². The Hall–Kier alpha value is -2.32. The summed E-state index contributed by atoms with van der Waals surface area (Å²) < 4.78 is 24.5. The summed E-state index contributed by atoms with van der Waals surface area (Å²) in [4.78, 5) is 34.5. The second-order valence-corrected chi connectivity index (χ2v) is 12.6. The first-order valence-corrected chi connectivity index (χ1v) is 14.8. The van der Waals surface area contributed by atoms with Gasteiger partial charge in [0.2, 0.25) is 0 Å². The average molecular weight is 535 g/mol. The Kier molecular flexibility index (Phi) is 8.59. The van der Waals surface area contributed by atoms with Crippen LogP contribution in [0.2, 0.25) is 0 Å². The molecule has 9 nitrogen and oxygen atoms in total. The van der Waals surface area contributed by atoms with Gasteiger partial charge in [-0.3, -0.25) is 0 Å². The number of carbonyl (C=O) groups excluding carboxylic acids is 1. The summed E-state index contributed by atoms with van der Waals surface area (Å²) in [5.41, 5.74) is -0.0996. The second kappa shape index (κ2) is 11.2. The molecule has 1 radical (unpaired) electrons. The van der Waals surface area contributed by atoms with Gasteiger partial charge in [0.15, 0.2) is 0 Å². The third-order valence-corrected chi connectivity index (χ3v) is 9.17. The van der Waals surface area contributed by atoms with Crippen LogP contribution in [0.25, 0.3) is 0 Å². The summed E-state index contributed by atoms with van der Waals surface area (Å²) in [6.07, 6.45) is 7.49. The van der Waals surface area contributed by atoms with Gasteiger partial charge in [-0.2, -0.15) is 0 Å². The molecule has 1 aliphatic heterocycles. The molecule has 2 aromatic rings. The number of hydrogen-bond donors (Lipinski definition) is 0. The summed E-state index contributed by atoms with van der Waals surface area (Å²) in [6.45, 7) is 3.19. The van der Waals surface area contributed by atoms with Crippen LogP contribution in [-0.4, -0.2) is 64.2 Å². The zero-order valence-corrected chi connectivity index (χ0v) is 21.5. The van der Waals surface area contributed by atoms with Crippen LogP contribution >= 0.6 is 0 Å². The molecule has 0 spiro atoms. The molecular formula is C22H28AsN4O5S. The number of nitrogens with zero attached hydrogens (tertiary/aromatic N) is 4. The van der Waals surface area contributed by atoms with Crippen LogP contribution in [0, 0.1) is 16.0 Å². The molecule has 0 aliphatic carbocycles. The van der Waals surface area contributed by atoms with Gasteiger partial charge >= 0.3 is 194 Å². The van der Waals surface area contributed by atoms with E-state index in [9.17, 15) is 23.3 Å². The van der Waals surface area contributed by atoms with E-state index in [0.717, 1.165) is 29.9 Å². The Labute approximate surface area is 200 Å². The molecule has 0 bridgehead atoms. The molecule has 1 aromatic carbocycles. The Morgan fingerprint density at radius 2 is 1.85 bits per heavy atom. The number of nitro groups is 1. The quantitative estimate of drug-likeness (QED) is 0.195.